The van der Waals surface area contributed by atoms with E-state index in [0.717, 1.165) is 22.0 Å². The predicted molar refractivity (Wildman–Crippen MR) is 135 cm³/mol. The molecule has 0 spiro atoms. The van der Waals surface area contributed by atoms with Crippen molar-refractivity contribution in [1.29, 1.82) is 0 Å². The van der Waals surface area contributed by atoms with E-state index in [1.807, 2.05) is 35.4 Å². The fourth-order valence-corrected chi connectivity index (χ4v) is 4.26. The number of aromatic amines is 1. The van der Waals surface area contributed by atoms with Gasteiger partial charge in [0, 0.05) is 29.7 Å². The molecular formula is C28H29ClN2O2. The van der Waals surface area contributed by atoms with Crippen LogP contribution in [0, 0.1) is 0 Å². The molecule has 1 aromatic heterocycles. The quantitative estimate of drug-likeness (QED) is 0.336. The lowest BCUT2D eigenvalue weighted by molar-refractivity contribution is 0.0747. The third-order valence-corrected chi connectivity index (χ3v) is 6.13. The van der Waals surface area contributed by atoms with Crippen LogP contribution in [0.1, 0.15) is 47.8 Å². The summed E-state index contributed by atoms with van der Waals surface area (Å²) < 4.78 is 0. The molecule has 0 aliphatic rings. The van der Waals surface area contributed by atoms with Gasteiger partial charge in [-0.15, -0.1) is 0 Å². The van der Waals surface area contributed by atoms with Crippen LogP contribution in [-0.4, -0.2) is 27.4 Å². The first-order valence-corrected chi connectivity index (χ1v) is 11.5. The fraction of sp³-hybridized carbons (Fsp3) is 0.250. The fourth-order valence-electron chi connectivity index (χ4n) is 4.03. The molecule has 5 heteroatoms. The number of fused-ring (bicyclic) bond motifs is 1. The Kier molecular flexibility index (Phi) is 6.48. The molecule has 0 fully saturated rings. The highest BCUT2D eigenvalue weighted by Crippen LogP contribution is 2.26. The highest BCUT2D eigenvalue weighted by molar-refractivity contribution is 6.32. The number of phenolic OH excluding ortho intramolecular Hbond substituents is 1. The van der Waals surface area contributed by atoms with Crippen LogP contribution in [0.2, 0.25) is 5.02 Å². The van der Waals surface area contributed by atoms with Crippen molar-refractivity contribution < 1.29 is 9.90 Å². The standard InChI is InChI=1S/C28H29ClN2O2/c1-28(2,3)22-9-7-20(8-10-22)18-31(14-12-19-5-4-6-24(32)15-19)27(33)25-17-23(29)16-21-11-13-30-26(21)25/h4-11,13,15-17,30,32H,12,14,18H2,1-3H3. The Labute approximate surface area is 199 Å². The van der Waals surface area contributed by atoms with E-state index in [1.54, 1.807) is 18.2 Å². The SMILES string of the molecule is CC(C)(C)c1ccc(CN(CCc2cccc(O)c2)C(=O)c2cc(Cl)cc3cc[nH]c23)cc1. The van der Waals surface area contributed by atoms with Crippen LogP contribution in [0.4, 0.5) is 0 Å². The minimum absolute atomic E-state index is 0.0728. The van der Waals surface area contributed by atoms with Crippen molar-refractivity contribution in [3.05, 3.63) is 100 Å². The van der Waals surface area contributed by atoms with Gasteiger partial charge in [-0.05, 0) is 58.9 Å². The normalized spacial score (nSPS) is 11.6. The van der Waals surface area contributed by atoms with Gasteiger partial charge in [0.2, 0.25) is 0 Å². The average molecular weight is 461 g/mol. The molecule has 0 aliphatic carbocycles. The summed E-state index contributed by atoms with van der Waals surface area (Å²) in [6.07, 6.45) is 2.45. The zero-order valence-corrected chi connectivity index (χ0v) is 20.0. The van der Waals surface area contributed by atoms with Gasteiger partial charge < -0.3 is 15.0 Å². The Morgan fingerprint density at radius 1 is 1.00 bits per heavy atom. The number of carbonyl (C=O) groups excluding carboxylic acids is 1. The number of phenols is 1. The smallest absolute Gasteiger partial charge is 0.256 e. The van der Waals surface area contributed by atoms with E-state index in [0.29, 0.717) is 30.1 Å². The Morgan fingerprint density at radius 2 is 1.76 bits per heavy atom. The maximum atomic E-state index is 13.7. The molecular weight excluding hydrogens is 432 g/mol. The number of aromatic nitrogens is 1. The van der Waals surface area contributed by atoms with Gasteiger partial charge >= 0.3 is 0 Å². The zero-order chi connectivity index (χ0) is 23.6. The molecule has 4 rings (SSSR count). The Bertz CT molecular complexity index is 1270. The number of nitrogens with zero attached hydrogens (tertiary/aromatic N) is 1. The van der Waals surface area contributed by atoms with E-state index in [9.17, 15) is 9.90 Å². The molecule has 0 saturated heterocycles. The summed E-state index contributed by atoms with van der Waals surface area (Å²) in [7, 11) is 0. The second-order valence-electron chi connectivity index (χ2n) is 9.49. The van der Waals surface area contributed by atoms with Gasteiger partial charge in [0.25, 0.3) is 5.91 Å². The van der Waals surface area contributed by atoms with E-state index in [1.165, 1.54) is 5.56 Å². The molecule has 3 aromatic carbocycles. The zero-order valence-electron chi connectivity index (χ0n) is 19.2. The van der Waals surface area contributed by atoms with Gasteiger partial charge in [-0.3, -0.25) is 4.79 Å². The number of benzene rings is 3. The summed E-state index contributed by atoms with van der Waals surface area (Å²) in [5.41, 5.74) is 4.72. The van der Waals surface area contributed by atoms with Crippen LogP contribution in [0.25, 0.3) is 10.9 Å². The Balaban J connectivity index is 1.64. The molecule has 0 unspecified atom stereocenters. The molecule has 4 nitrogen and oxygen atoms in total. The van der Waals surface area contributed by atoms with Crippen molar-refractivity contribution in [3.8, 4) is 5.75 Å². The molecule has 0 bridgehead atoms. The molecule has 4 aromatic rings. The number of aromatic hydroxyl groups is 1. The van der Waals surface area contributed by atoms with Crippen LogP contribution in [-0.2, 0) is 18.4 Å². The first-order valence-electron chi connectivity index (χ1n) is 11.1. The number of nitrogens with one attached hydrogen (secondary N) is 1. The largest absolute Gasteiger partial charge is 0.508 e. The number of carbonyl (C=O) groups is 1. The van der Waals surface area contributed by atoms with Crippen molar-refractivity contribution in [3.63, 3.8) is 0 Å². The minimum atomic E-state index is -0.0787. The van der Waals surface area contributed by atoms with E-state index in [4.69, 9.17) is 11.6 Å². The summed E-state index contributed by atoms with van der Waals surface area (Å²) in [5, 5.41) is 11.3. The maximum Gasteiger partial charge on any atom is 0.256 e. The summed E-state index contributed by atoms with van der Waals surface area (Å²) in [6.45, 7) is 7.56. The highest BCUT2D eigenvalue weighted by atomic mass is 35.5. The van der Waals surface area contributed by atoms with Gasteiger partial charge in [0.15, 0.2) is 0 Å². The first kappa shape index (κ1) is 22.9. The van der Waals surface area contributed by atoms with Crippen molar-refractivity contribution in [2.45, 2.75) is 39.2 Å². The topological polar surface area (TPSA) is 56.3 Å². The van der Waals surface area contributed by atoms with Crippen molar-refractivity contribution in [2.75, 3.05) is 6.54 Å². The van der Waals surface area contributed by atoms with Gasteiger partial charge in [-0.25, -0.2) is 0 Å². The van der Waals surface area contributed by atoms with Gasteiger partial charge in [0.05, 0.1) is 11.1 Å². The lowest BCUT2D eigenvalue weighted by Crippen LogP contribution is -2.32. The number of halogens is 1. The monoisotopic (exact) mass is 460 g/mol. The third kappa shape index (κ3) is 5.40. The second kappa shape index (κ2) is 9.32. The van der Waals surface area contributed by atoms with E-state index in [-0.39, 0.29) is 17.1 Å². The Morgan fingerprint density at radius 3 is 2.45 bits per heavy atom. The van der Waals surface area contributed by atoms with Gasteiger partial charge in [-0.2, -0.15) is 0 Å². The van der Waals surface area contributed by atoms with Crippen LogP contribution in [0.3, 0.4) is 0 Å². The number of rotatable bonds is 6. The molecule has 0 saturated carbocycles. The van der Waals surface area contributed by atoms with E-state index in [2.05, 4.69) is 50.0 Å². The molecule has 0 aliphatic heterocycles. The molecule has 1 amide bonds. The summed E-state index contributed by atoms with van der Waals surface area (Å²) in [4.78, 5) is 18.8. The van der Waals surface area contributed by atoms with Gasteiger partial charge in [-0.1, -0.05) is 68.8 Å². The van der Waals surface area contributed by atoms with Crippen molar-refractivity contribution in [1.82, 2.24) is 9.88 Å². The summed E-state index contributed by atoms with van der Waals surface area (Å²) in [6, 6.07) is 21.1. The van der Waals surface area contributed by atoms with Gasteiger partial charge in [0.1, 0.15) is 5.75 Å². The molecule has 33 heavy (non-hydrogen) atoms. The van der Waals surface area contributed by atoms with Crippen LogP contribution >= 0.6 is 11.6 Å². The van der Waals surface area contributed by atoms with Crippen molar-refractivity contribution in [2.24, 2.45) is 0 Å². The number of hydrogen-bond acceptors (Lipinski definition) is 2. The average Bonchev–Trinajstić information content (AvgIpc) is 3.23. The molecule has 2 N–H and O–H groups in total. The molecule has 1 heterocycles. The first-order chi connectivity index (χ1) is 15.7. The minimum Gasteiger partial charge on any atom is -0.508 e. The predicted octanol–water partition coefficient (Wildman–Crippen LogP) is 6.71. The van der Waals surface area contributed by atoms with E-state index >= 15 is 0 Å². The summed E-state index contributed by atoms with van der Waals surface area (Å²) >= 11 is 6.33. The molecule has 170 valence electrons. The molecule has 0 atom stereocenters. The lowest BCUT2D eigenvalue weighted by Gasteiger charge is -2.25. The van der Waals surface area contributed by atoms with E-state index < -0.39 is 0 Å². The van der Waals surface area contributed by atoms with Crippen LogP contribution in [0.15, 0.2) is 72.9 Å². The number of hydrogen-bond donors (Lipinski definition) is 2. The number of H-pyrrole nitrogens is 1. The maximum absolute atomic E-state index is 13.7. The lowest BCUT2D eigenvalue weighted by atomic mass is 9.87. The molecule has 0 radical (unpaired) electrons. The number of amides is 1. The van der Waals surface area contributed by atoms with Crippen LogP contribution < -0.4 is 0 Å². The third-order valence-electron chi connectivity index (χ3n) is 5.92. The Hall–Kier alpha value is -3.24. The highest BCUT2D eigenvalue weighted by Gasteiger charge is 2.21. The summed E-state index contributed by atoms with van der Waals surface area (Å²) in [5.74, 6) is 0.149. The second-order valence-corrected chi connectivity index (χ2v) is 9.93. The van der Waals surface area contributed by atoms with Crippen LogP contribution in [0.5, 0.6) is 5.75 Å². The van der Waals surface area contributed by atoms with Crippen molar-refractivity contribution >= 4 is 28.4 Å².